The second-order valence-corrected chi connectivity index (χ2v) is 4.68. The fourth-order valence-electron chi connectivity index (χ4n) is 1.84. The molecule has 1 fully saturated rings. The third-order valence-corrected chi connectivity index (χ3v) is 2.98. The summed E-state index contributed by atoms with van der Waals surface area (Å²) in [6, 6.07) is 0.395. The smallest absolute Gasteiger partial charge is 0.222 e. The molecule has 0 unspecified atom stereocenters. The summed E-state index contributed by atoms with van der Waals surface area (Å²) in [7, 11) is 0. The van der Waals surface area contributed by atoms with Crippen LogP contribution in [0, 0.1) is 11.8 Å². The van der Waals surface area contributed by atoms with E-state index < -0.39 is 0 Å². The van der Waals surface area contributed by atoms with Crippen molar-refractivity contribution in [1.29, 1.82) is 0 Å². The molecule has 3 heteroatoms. The van der Waals surface area contributed by atoms with E-state index >= 15 is 0 Å². The molecule has 1 rings (SSSR count). The summed E-state index contributed by atoms with van der Waals surface area (Å²) >= 11 is 0. The van der Waals surface area contributed by atoms with Gasteiger partial charge in [-0.25, -0.2) is 0 Å². The molecule has 0 heterocycles. The van der Waals surface area contributed by atoms with Gasteiger partial charge >= 0.3 is 0 Å². The number of hydrogen-bond donors (Lipinski definition) is 2. The molecule has 0 bridgehead atoms. The van der Waals surface area contributed by atoms with E-state index in [0.29, 0.717) is 12.0 Å². The number of nitrogens with one attached hydrogen (secondary N) is 1. The number of carbonyl (C=O) groups excluding carboxylic acids is 1. The van der Waals surface area contributed by atoms with E-state index in [0.717, 1.165) is 19.4 Å². The predicted molar refractivity (Wildman–Crippen MR) is 57.8 cm³/mol. The highest BCUT2D eigenvalue weighted by molar-refractivity contribution is 5.77. The molecule has 0 saturated heterocycles. The van der Waals surface area contributed by atoms with Crippen molar-refractivity contribution in [3.8, 4) is 0 Å². The van der Waals surface area contributed by atoms with E-state index in [9.17, 15) is 4.79 Å². The van der Waals surface area contributed by atoms with Crippen molar-refractivity contribution in [2.75, 3.05) is 6.54 Å². The summed E-state index contributed by atoms with van der Waals surface area (Å²) in [4.78, 5) is 11.3. The second-order valence-electron chi connectivity index (χ2n) is 4.68. The van der Waals surface area contributed by atoms with Crippen molar-refractivity contribution in [1.82, 2.24) is 5.32 Å². The molecule has 0 aliphatic heterocycles. The molecule has 3 N–H and O–H groups in total. The first-order valence-electron chi connectivity index (χ1n) is 5.63. The van der Waals surface area contributed by atoms with E-state index in [1.165, 1.54) is 12.8 Å². The molecule has 0 atom stereocenters. The summed E-state index contributed by atoms with van der Waals surface area (Å²) in [5.41, 5.74) is 5.81. The Labute approximate surface area is 86.4 Å². The first-order valence-corrected chi connectivity index (χ1v) is 5.63. The summed E-state index contributed by atoms with van der Waals surface area (Å²) in [6.45, 7) is 4.68. The van der Waals surface area contributed by atoms with Gasteiger partial charge in [0.25, 0.3) is 0 Å². The fourth-order valence-corrected chi connectivity index (χ4v) is 1.84. The number of hydrogen-bond acceptors (Lipinski definition) is 2. The lowest BCUT2D eigenvalue weighted by molar-refractivity contribution is -0.124. The average Bonchev–Trinajstić information content (AvgIpc) is 2.16. The fraction of sp³-hybridized carbons (Fsp3) is 0.909. The molecule has 1 amide bonds. The van der Waals surface area contributed by atoms with Gasteiger partial charge in [0.15, 0.2) is 0 Å². The van der Waals surface area contributed by atoms with Gasteiger partial charge in [0, 0.05) is 18.5 Å². The summed E-state index contributed by atoms with van der Waals surface area (Å²) in [6.07, 6.45) is 4.56. The average molecular weight is 198 g/mol. The summed E-state index contributed by atoms with van der Waals surface area (Å²) < 4.78 is 0. The van der Waals surface area contributed by atoms with Crippen LogP contribution < -0.4 is 11.1 Å². The molecule has 82 valence electrons. The van der Waals surface area contributed by atoms with Gasteiger partial charge in [0.1, 0.15) is 0 Å². The largest absolute Gasteiger partial charge is 0.356 e. The van der Waals surface area contributed by atoms with E-state index in [1.54, 1.807) is 0 Å². The third-order valence-electron chi connectivity index (χ3n) is 2.98. The van der Waals surface area contributed by atoms with E-state index in [2.05, 4.69) is 5.32 Å². The molecule has 0 aromatic rings. The maximum atomic E-state index is 11.3. The number of amides is 1. The summed E-state index contributed by atoms with van der Waals surface area (Å²) in [5.74, 6) is 0.915. The Bertz CT molecular complexity index is 184. The van der Waals surface area contributed by atoms with Crippen molar-refractivity contribution in [2.45, 2.75) is 45.6 Å². The highest BCUT2D eigenvalue weighted by Gasteiger charge is 2.19. The first kappa shape index (κ1) is 11.5. The first-order chi connectivity index (χ1) is 6.59. The van der Waals surface area contributed by atoms with Crippen molar-refractivity contribution in [2.24, 2.45) is 17.6 Å². The standard InChI is InChI=1S/C11H22N2O/c1-8(2)11(14)13-7-9-3-5-10(12)6-4-9/h8-10H,3-7,12H2,1-2H3,(H,13,14). The molecule has 1 aliphatic carbocycles. The Morgan fingerprint density at radius 1 is 1.36 bits per heavy atom. The van der Waals surface area contributed by atoms with E-state index in [4.69, 9.17) is 5.73 Å². The molecule has 0 aromatic heterocycles. The number of rotatable bonds is 3. The topological polar surface area (TPSA) is 55.1 Å². The predicted octanol–water partition coefficient (Wildman–Crippen LogP) is 1.28. The van der Waals surface area contributed by atoms with Crippen molar-refractivity contribution in [3.05, 3.63) is 0 Å². The minimum Gasteiger partial charge on any atom is -0.356 e. The van der Waals surface area contributed by atoms with Gasteiger partial charge < -0.3 is 11.1 Å². The zero-order valence-electron chi connectivity index (χ0n) is 9.25. The molecular formula is C11H22N2O. The lowest BCUT2D eigenvalue weighted by atomic mass is 9.86. The van der Waals surface area contributed by atoms with Crippen LogP contribution in [-0.4, -0.2) is 18.5 Å². The maximum absolute atomic E-state index is 11.3. The van der Waals surface area contributed by atoms with Crippen molar-refractivity contribution >= 4 is 5.91 Å². The Morgan fingerprint density at radius 2 is 1.93 bits per heavy atom. The lowest BCUT2D eigenvalue weighted by Crippen LogP contribution is -2.35. The quantitative estimate of drug-likeness (QED) is 0.717. The van der Waals surface area contributed by atoms with Gasteiger partial charge in [-0.05, 0) is 31.6 Å². The van der Waals surface area contributed by atoms with Crippen LogP contribution in [0.15, 0.2) is 0 Å². The number of nitrogens with two attached hydrogens (primary N) is 1. The van der Waals surface area contributed by atoms with Crippen LogP contribution in [0.25, 0.3) is 0 Å². The Hall–Kier alpha value is -0.570. The monoisotopic (exact) mass is 198 g/mol. The van der Waals surface area contributed by atoms with Crippen LogP contribution in [0.5, 0.6) is 0 Å². The van der Waals surface area contributed by atoms with Gasteiger partial charge in [-0.2, -0.15) is 0 Å². The molecule has 14 heavy (non-hydrogen) atoms. The third kappa shape index (κ3) is 3.66. The highest BCUT2D eigenvalue weighted by Crippen LogP contribution is 2.22. The van der Waals surface area contributed by atoms with E-state index in [1.807, 2.05) is 13.8 Å². The maximum Gasteiger partial charge on any atom is 0.222 e. The zero-order valence-corrected chi connectivity index (χ0v) is 9.25. The highest BCUT2D eigenvalue weighted by atomic mass is 16.1. The van der Waals surface area contributed by atoms with Crippen molar-refractivity contribution in [3.63, 3.8) is 0 Å². The zero-order chi connectivity index (χ0) is 10.6. The molecule has 3 nitrogen and oxygen atoms in total. The molecule has 1 aliphatic rings. The van der Waals surface area contributed by atoms with Gasteiger partial charge in [-0.15, -0.1) is 0 Å². The van der Waals surface area contributed by atoms with Gasteiger partial charge in [0.05, 0.1) is 0 Å². The van der Waals surface area contributed by atoms with Crippen LogP contribution >= 0.6 is 0 Å². The van der Waals surface area contributed by atoms with Crippen LogP contribution in [0.1, 0.15) is 39.5 Å². The Balaban J connectivity index is 2.16. The lowest BCUT2D eigenvalue weighted by Gasteiger charge is -2.26. The van der Waals surface area contributed by atoms with Gasteiger partial charge in [0.2, 0.25) is 5.91 Å². The van der Waals surface area contributed by atoms with Crippen LogP contribution in [0.2, 0.25) is 0 Å². The SMILES string of the molecule is CC(C)C(=O)NCC1CCC(N)CC1. The van der Waals surface area contributed by atoms with Crippen LogP contribution in [0.4, 0.5) is 0 Å². The molecule has 0 spiro atoms. The molecule has 1 saturated carbocycles. The molecule has 0 radical (unpaired) electrons. The normalized spacial score (nSPS) is 27.7. The van der Waals surface area contributed by atoms with Crippen LogP contribution in [0.3, 0.4) is 0 Å². The van der Waals surface area contributed by atoms with Crippen LogP contribution in [-0.2, 0) is 4.79 Å². The van der Waals surface area contributed by atoms with Gasteiger partial charge in [-0.3, -0.25) is 4.79 Å². The minimum atomic E-state index is 0.0980. The molecule has 0 aromatic carbocycles. The molecular weight excluding hydrogens is 176 g/mol. The minimum absolute atomic E-state index is 0.0980. The number of carbonyl (C=O) groups is 1. The van der Waals surface area contributed by atoms with Crippen molar-refractivity contribution < 1.29 is 4.79 Å². The summed E-state index contributed by atoms with van der Waals surface area (Å²) in [5, 5.41) is 2.99. The van der Waals surface area contributed by atoms with Gasteiger partial charge in [-0.1, -0.05) is 13.8 Å². The second kappa shape index (κ2) is 5.35. The Morgan fingerprint density at radius 3 is 2.43 bits per heavy atom. The van der Waals surface area contributed by atoms with E-state index in [-0.39, 0.29) is 11.8 Å². The Kier molecular flexibility index (Phi) is 4.39.